The lowest BCUT2D eigenvalue weighted by Crippen LogP contribution is -2.23. The Balaban J connectivity index is 1.74. The predicted molar refractivity (Wildman–Crippen MR) is 109 cm³/mol. The Morgan fingerprint density at radius 3 is 2.50 bits per heavy atom. The van der Waals surface area contributed by atoms with Crippen LogP contribution in [0.5, 0.6) is 0 Å². The van der Waals surface area contributed by atoms with Crippen molar-refractivity contribution in [2.24, 2.45) is 11.8 Å². The highest BCUT2D eigenvalue weighted by molar-refractivity contribution is 5.66. The van der Waals surface area contributed by atoms with Crippen molar-refractivity contribution in [2.45, 2.75) is 76.1 Å². The molecule has 28 heavy (non-hydrogen) atoms. The molecule has 1 aromatic carbocycles. The van der Waals surface area contributed by atoms with Crippen LogP contribution in [0.2, 0.25) is 0 Å². The van der Waals surface area contributed by atoms with Gasteiger partial charge in [0.2, 0.25) is 0 Å². The monoisotopic (exact) mass is 390 g/mol. The third kappa shape index (κ3) is 7.74. The number of benzene rings is 1. The van der Waals surface area contributed by atoms with Gasteiger partial charge in [-0.15, -0.1) is 0 Å². The van der Waals surface area contributed by atoms with Crippen LogP contribution < -0.4 is 0 Å². The summed E-state index contributed by atoms with van der Waals surface area (Å²) in [6.45, 7) is 0. The van der Waals surface area contributed by atoms with Crippen LogP contribution in [0.3, 0.4) is 0 Å². The number of allylic oxidation sites excluding steroid dienone is 2. The van der Waals surface area contributed by atoms with Gasteiger partial charge in [-0.2, -0.15) is 0 Å². The molecule has 4 N–H and O–H groups in total. The number of carboxylic acid groups (broad SMARTS) is 1. The molecule has 0 bridgehead atoms. The number of hydrogen-bond donors (Lipinski definition) is 4. The van der Waals surface area contributed by atoms with Crippen molar-refractivity contribution in [1.82, 2.24) is 0 Å². The van der Waals surface area contributed by atoms with Crippen LogP contribution in [0.4, 0.5) is 0 Å². The zero-order valence-corrected chi connectivity index (χ0v) is 16.5. The topological polar surface area (TPSA) is 98.0 Å². The second-order valence-electron chi connectivity index (χ2n) is 7.95. The average molecular weight is 391 g/mol. The van der Waals surface area contributed by atoms with Crippen LogP contribution in [0.25, 0.3) is 0 Å². The van der Waals surface area contributed by atoms with Crippen molar-refractivity contribution >= 4 is 5.97 Å². The number of carboxylic acids is 1. The van der Waals surface area contributed by atoms with E-state index in [2.05, 4.69) is 12.1 Å². The van der Waals surface area contributed by atoms with Gasteiger partial charge in [-0.05, 0) is 68.8 Å². The number of aliphatic carboxylic acids is 1. The maximum atomic E-state index is 10.5. The van der Waals surface area contributed by atoms with E-state index in [4.69, 9.17) is 5.11 Å². The van der Waals surface area contributed by atoms with Gasteiger partial charge in [0.15, 0.2) is 0 Å². The van der Waals surface area contributed by atoms with Crippen LogP contribution in [-0.4, -0.2) is 44.7 Å². The van der Waals surface area contributed by atoms with Gasteiger partial charge in [0.25, 0.3) is 0 Å². The molecule has 0 spiro atoms. The van der Waals surface area contributed by atoms with E-state index < -0.39 is 24.3 Å². The van der Waals surface area contributed by atoms with E-state index in [1.807, 2.05) is 30.4 Å². The molecule has 5 nitrogen and oxygen atoms in total. The molecule has 156 valence electrons. The van der Waals surface area contributed by atoms with Gasteiger partial charge in [0.1, 0.15) is 0 Å². The Morgan fingerprint density at radius 1 is 1.07 bits per heavy atom. The van der Waals surface area contributed by atoms with Gasteiger partial charge in [-0.25, -0.2) is 0 Å². The van der Waals surface area contributed by atoms with Crippen LogP contribution in [0.15, 0.2) is 42.5 Å². The Bertz CT molecular complexity index is 600. The average Bonchev–Trinajstić information content (AvgIpc) is 2.94. The molecule has 0 unspecified atom stereocenters. The summed E-state index contributed by atoms with van der Waals surface area (Å²) in [7, 11) is 0. The molecule has 0 radical (unpaired) electrons. The minimum absolute atomic E-state index is 0.00736. The Morgan fingerprint density at radius 2 is 1.79 bits per heavy atom. The van der Waals surface area contributed by atoms with Crippen LogP contribution in [-0.2, 0) is 11.2 Å². The first kappa shape index (κ1) is 22.6. The Labute approximate surface area is 167 Å². The maximum Gasteiger partial charge on any atom is 0.303 e. The lowest BCUT2D eigenvalue weighted by Gasteiger charge is -2.23. The first-order chi connectivity index (χ1) is 13.5. The SMILES string of the molecule is O=C(O)CCC/C=C\C[C@@H]1[C@@H](CC[C@H](O)CCc2ccccc2)[C@H](O)C[C@@H]1O. The molecule has 0 heterocycles. The highest BCUT2D eigenvalue weighted by Gasteiger charge is 2.40. The Hall–Kier alpha value is -1.69. The first-order valence-corrected chi connectivity index (χ1v) is 10.4. The van der Waals surface area contributed by atoms with Crippen LogP contribution >= 0.6 is 0 Å². The molecule has 1 aliphatic rings. The molecule has 1 fully saturated rings. The highest BCUT2D eigenvalue weighted by atomic mass is 16.4. The second kappa shape index (κ2) is 12.0. The van der Waals surface area contributed by atoms with Crippen LogP contribution in [0, 0.1) is 11.8 Å². The quantitative estimate of drug-likeness (QED) is 0.324. The fourth-order valence-corrected chi connectivity index (χ4v) is 4.16. The van der Waals surface area contributed by atoms with Crippen molar-refractivity contribution in [3.05, 3.63) is 48.0 Å². The molecule has 0 aromatic heterocycles. The summed E-state index contributed by atoms with van der Waals surface area (Å²) in [4.78, 5) is 10.5. The van der Waals surface area contributed by atoms with E-state index >= 15 is 0 Å². The smallest absolute Gasteiger partial charge is 0.303 e. The van der Waals surface area contributed by atoms with Crippen molar-refractivity contribution in [1.29, 1.82) is 0 Å². The largest absolute Gasteiger partial charge is 0.481 e. The normalized spacial score (nSPS) is 26.0. The Kier molecular flexibility index (Phi) is 9.68. The first-order valence-electron chi connectivity index (χ1n) is 10.4. The lowest BCUT2D eigenvalue weighted by molar-refractivity contribution is -0.137. The molecular weight excluding hydrogens is 356 g/mol. The van der Waals surface area contributed by atoms with Crippen molar-refractivity contribution in [3.63, 3.8) is 0 Å². The zero-order chi connectivity index (χ0) is 20.4. The minimum atomic E-state index is -0.784. The van der Waals surface area contributed by atoms with Crippen molar-refractivity contribution < 1.29 is 25.2 Å². The summed E-state index contributed by atoms with van der Waals surface area (Å²) >= 11 is 0. The standard InChI is InChI=1S/C23H34O5/c24-18(13-12-17-8-4-3-5-9-17)14-15-20-19(21(25)16-22(20)26)10-6-1-2-7-11-23(27)28/h1,3-6,8-9,18-22,24-26H,2,7,10-16H2,(H,27,28)/b6-1-/t18-,19-,20-,21+,22-/m1/s1. The fraction of sp³-hybridized carbons (Fsp3) is 0.609. The number of carbonyl (C=O) groups is 1. The molecule has 1 saturated carbocycles. The second-order valence-corrected chi connectivity index (χ2v) is 7.95. The summed E-state index contributed by atoms with van der Waals surface area (Å²) in [6, 6.07) is 10.1. The number of aliphatic hydroxyl groups is 3. The van der Waals surface area contributed by atoms with E-state index in [1.165, 1.54) is 5.56 Å². The zero-order valence-electron chi connectivity index (χ0n) is 16.5. The van der Waals surface area contributed by atoms with Gasteiger partial charge < -0.3 is 20.4 Å². The molecule has 1 aliphatic carbocycles. The molecular formula is C23H34O5. The molecule has 5 atom stereocenters. The molecule has 1 aromatic rings. The van der Waals surface area contributed by atoms with E-state index in [9.17, 15) is 20.1 Å². The maximum absolute atomic E-state index is 10.5. The number of aryl methyl sites for hydroxylation is 1. The van der Waals surface area contributed by atoms with Gasteiger partial charge in [0.05, 0.1) is 18.3 Å². The van der Waals surface area contributed by atoms with E-state index in [1.54, 1.807) is 0 Å². The number of aliphatic hydroxyl groups excluding tert-OH is 3. The summed E-state index contributed by atoms with van der Waals surface area (Å²) in [5, 5.41) is 39.6. The molecule has 0 aliphatic heterocycles. The molecule has 5 heteroatoms. The highest BCUT2D eigenvalue weighted by Crippen LogP contribution is 2.38. The predicted octanol–water partition coefficient (Wildman–Crippen LogP) is 3.32. The van der Waals surface area contributed by atoms with Crippen molar-refractivity contribution in [2.75, 3.05) is 0 Å². The van der Waals surface area contributed by atoms with Crippen LogP contribution in [0.1, 0.15) is 56.9 Å². The van der Waals surface area contributed by atoms with Gasteiger partial charge in [-0.1, -0.05) is 42.5 Å². The van der Waals surface area contributed by atoms with Gasteiger partial charge in [-0.3, -0.25) is 4.79 Å². The number of unbranched alkanes of at least 4 members (excludes halogenated alkanes) is 1. The minimum Gasteiger partial charge on any atom is -0.481 e. The summed E-state index contributed by atoms with van der Waals surface area (Å²) < 4.78 is 0. The molecule has 0 amide bonds. The number of hydrogen-bond acceptors (Lipinski definition) is 4. The summed E-state index contributed by atoms with van der Waals surface area (Å²) in [5.74, 6) is -0.800. The number of rotatable bonds is 12. The fourth-order valence-electron chi connectivity index (χ4n) is 4.16. The lowest BCUT2D eigenvalue weighted by atomic mass is 9.85. The summed E-state index contributed by atoms with van der Waals surface area (Å²) in [6.07, 6.45) is 7.91. The van der Waals surface area contributed by atoms with E-state index in [-0.39, 0.29) is 18.3 Å². The molecule has 2 rings (SSSR count). The van der Waals surface area contributed by atoms with Gasteiger partial charge >= 0.3 is 5.97 Å². The summed E-state index contributed by atoms with van der Waals surface area (Å²) in [5.41, 5.74) is 1.21. The van der Waals surface area contributed by atoms with Gasteiger partial charge in [0, 0.05) is 6.42 Å². The third-order valence-electron chi connectivity index (χ3n) is 5.80. The molecule has 0 saturated heterocycles. The van der Waals surface area contributed by atoms with Crippen molar-refractivity contribution in [3.8, 4) is 0 Å². The van der Waals surface area contributed by atoms with E-state index in [0.717, 1.165) is 6.42 Å². The third-order valence-corrected chi connectivity index (χ3v) is 5.80. The van der Waals surface area contributed by atoms with E-state index in [0.29, 0.717) is 44.9 Å².